The fraction of sp³-hybridized carbons (Fsp3) is 0.500. The molecular formula is C16H24N4. The third-order valence-corrected chi connectivity index (χ3v) is 3.43. The van der Waals surface area contributed by atoms with Gasteiger partial charge in [-0.2, -0.15) is 5.10 Å². The molecule has 4 nitrogen and oxygen atoms in total. The lowest BCUT2D eigenvalue weighted by molar-refractivity contribution is 0.513. The van der Waals surface area contributed by atoms with Crippen LogP contribution in [0.25, 0.3) is 0 Å². The number of nitrogens with one attached hydrogen (secondary N) is 1. The Kier molecular flexibility index (Phi) is 5.74. The van der Waals surface area contributed by atoms with Gasteiger partial charge in [0.05, 0.1) is 6.20 Å². The number of aromatic nitrogens is 3. The van der Waals surface area contributed by atoms with Crippen LogP contribution in [-0.2, 0) is 13.0 Å². The number of hydrogen-bond donors (Lipinski definition) is 1. The van der Waals surface area contributed by atoms with Crippen LogP contribution in [0, 0.1) is 0 Å². The van der Waals surface area contributed by atoms with Crippen molar-refractivity contribution in [2.75, 3.05) is 6.54 Å². The van der Waals surface area contributed by atoms with Crippen molar-refractivity contribution in [1.29, 1.82) is 0 Å². The smallest absolute Gasteiger partial charge is 0.0537 e. The van der Waals surface area contributed by atoms with Gasteiger partial charge in [-0.3, -0.25) is 9.67 Å². The van der Waals surface area contributed by atoms with Crippen LogP contribution in [0.2, 0.25) is 0 Å². The molecule has 0 spiro atoms. The third kappa shape index (κ3) is 4.17. The summed E-state index contributed by atoms with van der Waals surface area (Å²) in [4.78, 5) is 4.06. The zero-order valence-corrected chi connectivity index (χ0v) is 12.4. The zero-order valence-electron chi connectivity index (χ0n) is 12.4. The van der Waals surface area contributed by atoms with Gasteiger partial charge in [0.15, 0.2) is 0 Å². The summed E-state index contributed by atoms with van der Waals surface area (Å²) in [6, 6.07) is 4.55. The first-order valence-electron chi connectivity index (χ1n) is 7.48. The van der Waals surface area contributed by atoms with Crippen molar-refractivity contribution >= 4 is 0 Å². The highest BCUT2D eigenvalue weighted by Crippen LogP contribution is 2.18. The van der Waals surface area contributed by atoms with Crippen molar-refractivity contribution in [3.05, 3.63) is 48.0 Å². The minimum absolute atomic E-state index is 0.374. The average molecular weight is 272 g/mol. The summed E-state index contributed by atoms with van der Waals surface area (Å²) < 4.78 is 2.03. The van der Waals surface area contributed by atoms with Gasteiger partial charge in [0, 0.05) is 36.7 Å². The fourth-order valence-electron chi connectivity index (χ4n) is 2.40. The van der Waals surface area contributed by atoms with E-state index in [1.807, 2.05) is 23.3 Å². The van der Waals surface area contributed by atoms with Crippen molar-refractivity contribution in [2.45, 2.75) is 45.7 Å². The van der Waals surface area contributed by atoms with Crippen LogP contribution in [0.3, 0.4) is 0 Å². The molecular weight excluding hydrogens is 248 g/mol. The Labute approximate surface area is 121 Å². The molecule has 0 amide bonds. The molecule has 108 valence electrons. The molecule has 0 bridgehead atoms. The predicted octanol–water partition coefficient (Wildman–Crippen LogP) is 2.97. The van der Waals surface area contributed by atoms with Crippen LogP contribution in [0.15, 0.2) is 36.9 Å². The maximum Gasteiger partial charge on any atom is 0.0537 e. The van der Waals surface area contributed by atoms with Crippen LogP contribution in [0.5, 0.6) is 0 Å². The molecule has 0 saturated carbocycles. The Bertz CT molecular complexity index is 492. The van der Waals surface area contributed by atoms with Gasteiger partial charge in [-0.05, 0) is 43.5 Å². The normalized spacial score (nSPS) is 12.5. The van der Waals surface area contributed by atoms with Crippen LogP contribution >= 0.6 is 0 Å². The summed E-state index contributed by atoms with van der Waals surface area (Å²) in [7, 11) is 0. The van der Waals surface area contributed by atoms with Gasteiger partial charge >= 0.3 is 0 Å². The largest absolute Gasteiger partial charge is 0.310 e. The van der Waals surface area contributed by atoms with Crippen molar-refractivity contribution in [2.24, 2.45) is 0 Å². The van der Waals surface area contributed by atoms with Crippen molar-refractivity contribution < 1.29 is 0 Å². The monoisotopic (exact) mass is 272 g/mol. The standard InChI is InChI=1S/C16H24N4/c1-3-11-20-13-15(12-19-20)16(18-4-2)6-5-14-7-9-17-10-8-14/h7-10,12-13,16,18H,3-6,11H2,1-2H3. The number of aryl methyl sites for hydroxylation is 2. The second-order valence-corrected chi connectivity index (χ2v) is 5.04. The molecule has 0 aliphatic heterocycles. The van der Waals surface area contributed by atoms with Gasteiger partial charge in [0.2, 0.25) is 0 Å². The van der Waals surface area contributed by atoms with Gasteiger partial charge in [0.1, 0.15) is 0 Å². The highest BCUT2D eigenvalue weighted by Gasteiger charge is 2.12. The van der Waals surface area contributed by atoms with Gasteiger partial charge in [-0.1, -0.05) is 13.8 Å². The van der Waals surface area contributed by atoms with E-state index in [0.717, 1.165) is 32.4 Å². The van der Waals surface area contributed by atoms with Gasteiger partial charge in [-0.25, -0.2) is 0 Å². The molecule has 1 N–H and O–H groups in total. The summed E-state index contributed by atoms with van der Waals surface area (Å²) in [6.07, 6.45) is 11.1. The number of hydrogen-bond acceptors (Lipinski definition) is 3. The molecule has 0 aliphatic carbocycles. The molecule has 4 heteroatoms. The molecule has 2 rings (SSSR count). The van der Waals surface area contributed by atoms with Gasteiger partial charge < -0.3 is 5.32 Å². The molecule has 20 heavy (non-hydrogen) atoms. The van der Waals surface area contributed by atoms with E-state index in [1.54, 1.807) is 0 Å². The minimum Gasteiger partial charge on any atom is -0.310 e. The second-order valence-electron chi connectivity index (χ2n) is 5.04. The summed E-state index contributed by atoms with van der Waals surface area (Å²) in [5.41, 5.74) is 2.62. The maximum atomic E-state index is 4.43. The quantitative estimate of drug-likeness (QED) is 0.803. The highest BCUT2D eigenvalue weighted by molar-refractivity contribution is 5.14. The summed E-state index contributed by atoms with van der Waals surface area (Å²) in [6.45, 7) is 6.28. The number of pyridine rings is 1. The van der Waals surface area contributed by atoms with Crippen molar-refractivity contribution in [3.8, 4) is 0 Å². The summed E-state index contributed by atoms with van der Waals surface area (Å²) in [5, 5.41) is 7.99. The molecule has 2 aromatic heterocycles. The van der Waals surface area contributed by atoms with Crippen molar-refractivity contribution in [3.63, 3.8) is 0 Å². The topological polar surface area (TPSA) is 42.7 Å². The first-order chi connectivity index (χ1) is 9.83. The van der Waals surface area contributed by atoms with E-state index in [9.17, 15) is 0 Å². The molecule has 0 saturated heterocycles. The minimum atomic E-state index is 0.374. The summed E-state index contributed by atoms with van der Waals surface area (Å²) in [5.74, 6) is 0. The Morgan fingerprint density at radius 3 is 2.75 bits per heavy atom. The van der Waals surface area contributed by atoms with Crippen molar-refractivity contribution in [1.82, 2.24) is 20.1 Å². The van der Waals surface area contributed by atoms with Crippen LogP contribution in [-0.4, -0.2) is 21.3 Å². The number of rotatable bonds is 8. The van der Waals surface area contributed by atoms with E-state index in [2.05, 4.69) is 47.6 Å². The molecule has 1 atom stereocenters. The third-order valence-electron chi connectivity index (χ3n) is 3.43. The molecule has 0 fully saturated rings. The lowest BCUT2D eigenvalue weighted by Gasteiger charge is -2.16. The van der Waals surface area contributed by atoms with E-state index < -0.39 is 0 Å². The SMILES string of the molecule is CCCn1cc(C(CCc2ccncc2)NCC)cn1. The Balaban J connectivity index is 1.98. The maximum absolute atomic E-state index is 4.43. The molecule has 0 aromatic carbocycles. The van der Waals surface area contributed by atoms with Gasteiger partial charge in [-0.15, -0.1) is 0 Å². The predicted molar refractivity (Wildman–Crippen MR) is 81.5 cm³/mol. The zero-order chi connectivity index (χ0) is 14.2. The molecule has 0 radical (unpaired) electrons. The number of nitrogens with zero attached hydrogens (tertiary/aromatic N) is 3. The van der Waals surface area contributed by atoms with Crippen LogP contribution in [0.1, 0.15) is 43.9 Å². The lowest BCUT2D eigenvalue weighted by Crippen LogP contribution is -2.21. The molecule has 1 unspecified atom stereocenters. The van der Waals surface area contributed by atoms with Gasteiger partial charge in [0.25, 0.3) is 0 Å². The van der Waals surface area contributed by atoms with Crippen LogP contribution in [0.4, 0.5) is 0 Å². The fourth-order valence-corrected chi connectivity index (χ4v) is 2.40. The van der Waals surface area contributed by atoms with Crippen LogP contribution < -0.4 is 5.32 Å². The van der Waals surface area contributed by atoms with E-state index >= 15 is 0 Å². The Morgan fingerprint density at radius 1 is 1.25 bits per heavy atom. The van der Waals surface area contributed by atoms with E-state index in [4.69, 9.17) is 0 Å². The van der Waals surface area contributed by atoms with E-state index in [0.29, 0.717) is 6.04 Å². The highest BCUT2D eigenvalue weighted by atomic mass is 15.3. The lowest BCUT2D eigenvalue weighted by atomic mass is 10.0. The molecule has 2 aromatic rings. The summed E-state index contributed by atoms with van der Waals surface area (Å²) >= 11 is 0. The molecule has 0 aliphatic rings. The van der Waals surface area contributed by atoms with E-state index in [1.165, 1.54) is 11.1 Å². The van der Waals surface area contributed by atoms with E-state index in [-0.39, 0.29) is 0 Å². The first kappa shape index (κ1) is 14.7. The Hall–Kier alpha value is -1.68. The Morgan fingerprint density at radius 2 is 2.05 bits per heavy atom. The first-order valence-corrected chi connectivity index (χ1v) is 7.48. The molecule has 2 heterocycles. The average Bonchev–Trinajstić information content (AvgIpc) is 2.93. The second kappa shape index (κ2) is 7.80.